The van der Waals surface area contributed by atoms with Crippen molar-refractivity contribution in [1.82, 2.24) is 19.3 Å². The van der Waals surface area contributed by atoms with Gasteiger partial charge in [0.1, 0.15) is 5.69 Å². The van der Waals surface area contributed by atoms with Crippen molar-refractivity contribution in [3.8, 4) is 5.69 Å². The zero-order valence-corrected chi connectivity index (χ0v) is 17.8. The number of ketones is 2. The summed E-state index contributed by atoms with van der Waals surface area (Å²) in [4.78, 5) is 31.8. The lowest BCUT2D eigenvalue weighted by atomic mass is 10.1. The number of rotatable bonds is 5. The van der Waals surface area contributed by atoms with E-state index < -0.39 is 0 Å². The van der Waals surface area contributed by atoms with Crippen LogP contribution in [0.1, 0.15) is 37.1 Å². The van der Waals surface area contributed by atoms with Crippen molar-refractivity contribution in [1.29, 1.82) is 0 Å². The van der Waals surface area contributed by atoms with Crippen molar-refractivity contribution in [3.63, 3.8) is 0 Å². The van der Waals surface area contributed by atoms with E-state index in [1.165, 1.54) is 11.3 Å². The number of hydrogen-bond donors (Lipinski definition) is 0. The number of carbonyl (C=O) groups excluding carboxylic acids is 2. The summed E-state index contributed by atoms with van der Waals surface area (Å²) in [5.41, 5.74) is 3.82. The van der Waals surface area contributed by atoms with Crippen LogP contribution in [0.25, 0.3) is 16.7 Å². The minimum absolute atomic E-state index is 0.125. The summed E-state index contributed by atoms with van der Waals surface area (Å²) >= 11 is 1.33. The van der Waals surface area contributed by atoms with Gasteiger partial charge in [-0.15, -0.1) is 11.3 Å². The first kappa shape index (κ1) is 19.1. The van der Waals surface area contributed by atoms with Gasteiger partial charge in [-0.2, -0.15) is 5.10 Å². The molecule has 2 aromatic carbocycles. The molecule has 6 nitrogen and oxygen atoms in total. The van der Waals surface area contributed by atoms with Crippen molar-refractivity contribution in [2.24, 2.45) is 7.05 Å². The van der Waals surface area contributed by atoms with Gasteiger partial charge in [0.25, 0.3) is 0 Å². The lowest BCUT2D eigenvalue weighted by Crippen LogP contribution is -2.13. The van der Waals surface area contributed by atoms with E-state index in [4.69, 9.17) is 0 Å². The molecule has 5 rings (SSSR count). The van der Waals surface area contributed by atoms with Gasteiger partial charge in [-0.1, -0.05) is 35.9 Å². The number of aryl methyl sites for hydroxylation is 2. The molecule has 0 saturated heterocycles. The molecule has 3 aromatic heterocycles. The molecule has 0 amide bonds. The Balaban J connectivity index is 1.66. The van der Waals surface area contributed by atoms with E-state index in [1.54, 1.807) is 28.6 Å². The summed E-state index contributed by atoms with van der Waals surface area (Å²) in [6, 6.07) is 18.8. The normalized spacial score (nSPS) is 11.2. The van der Waals surface area contributed by atoms with Gasteiger partial charge in [0.2, 0.25) is 11.6 Å². The lowest BCUT2D eigenvalue weighted by Gasteiger charge is -2.01. The summed E-state index contributed by atoms with van der Waals surface area (Å²) in [5, 5.41) is 6.34. The third kappa shape index (κ3) is 3.29. The standard InChI is InChI=1S/C24H18N4O2S/c1-15-9-11-16(12-10-15)28-14-17(21(26-28)23(30)20-8-5-13-31-20)22(29)24-25-18-6-3-4-7-19(18)27(24)2/h3-14H,1-2H3. The van der Waals surface area contributed by atoms with E-state index >= 15 is 0 Å². The molecule has 0 bridgehead atoms. The Morgan fingerprint density at radius 1 is 0.935 bits per heavy atom. The lowest BCUT2D eigenvalue weighted by molar-refractivity contribution is 0.0996. The Hall–Kier alpha value is -3.84. The second-order valence-electron chi connectivity index (χ2n) is 7.29. The van der Waals surface area contributed by atoms with Gasteiger partial charge in [0.05, 0.1) is 27.2 Å². The number of carbonyl (C=O) groups is 2. The van der Waals surface area contributed by atoms with Crippen LogP contribution >= 0.6 is 11.3 Å². The molecule has 0 unspecified atom stereocenters. The molecule has 0 aliphatic heterocycles. The fraction of sp³-hybridized carbons (Fsp3) is 0.0833. The highest BCUT2D eigenvalue weighted by atomic mass is 32.1. The zero-order chi connectivity index (χ0) is 21.5. The number of nitrogens with zero attached hydrogens (tertiary/aromatic N) is 4. The number of imidazole rings is 1. The van der Waals surface area contributed by atoms with Gasteiger partial charge < -0.3 is 4.57 Å². The van der Waals surface area contributed by atoms with Gasteiger partial charge >= 0.3 is 0 Å². The van der Waals surface area contributed by atoms with Crippen LogP contribution in [-0.4, -0.2) is 30.9 Å². The van der Waals surface area contributed by atoms with Crippen LogP contribution in [-0.2, 0) is 7.05 Å². The molecule has 31 heavy (non-hydrogen) atoms. The van der Waals surface area contributed by atoms with Gasteiger partial charge in [-0.3, -0.25) is 9.59 Å². The minimum atomic E-state index is -0.336. The van der Waals surface area contributed by atoms with E-state index in [2.05, 4.69) is 10.1 Å². The molecule has 0 N–H and O–H groups in total. The monoisotopic (exact) mass is 426 g/mol. The van der Waals surface area contributed by atoms with E-state index in [9.17, 15) is 9.59 Å². The van der Waals surface area contributed by atoms with Crippen LogP contribution < -0.4 is 0 Å². The highest BCUT2D eigenvalue weighted by Crippen LogP contribution is 2.23. The average molecular weight is 427 g/mol. The van der Waals surface area contributed by atoms with Crippen molar-refractivity contribution in [3.05, 3.63) is 99.8 Å². The van der Waals surface area contributed by atoms with Crippen molar-refractivity contribution in [2.45, 2.75) is 6.92 Å². The molecule has 0 spiro atoms. The summed E-state index contributed by atoms with van der Waals surface area (Å²) in [7, 11) is 1.80. The van der Waals surface area contributed by atoms with E-state index in [0.717, 1.165) is 22.3 Å². The Kier molecular flexibility index (Phi) is 4.60. The topological polar surface area (TPSA) is 69.8 Å². The Labute approximate surface area is 182 Å². The second kappa shape index (κ2) is 7.45. The molecule has 0 radical (unpaired) electrons. The quantitative estimate of drug-likeness (QED) is 0.386. The van der Waals surface area contributed by atoms with Gasteiger partial charge in [0.15, 0.2) is 5.82 Å². The third-order valence-electron chi connectivity index (χ3n) is 5.21. The number of para-hydroxylation sites is 2. The van der Waals surface area contributed by atoms with Crippen LogP contribution in [0.15, 0.2) is 72.2 Å². The predicted molar refractivity (Wildman–Crippen MR) is 120 cm³/mol. The van der Waals surface area contributed by atoms with Gasteiger partial charge in [0, 0.05) is 13.2 Å². The number of hydrogen-bond acceptors (Lipinski definition) is 5. The van der Waals surface area contributed by atoms with Gasteiger partial charge in [-0.25, -0.2) is 9.67 Å². The predicted octanol–water partition coefficient (Wildman–Crippen LogP) is 4.59. The molecule has 5 aromatic rings. The molecule has 3 heterocycles. The van der Waals surface area contributed by atoms with Crippen LogP contribution in [0.3, 0.4) is 0 Å². The first-order chi connectivity index (χ1) is 15.0. The van der Waals surface area contributed by atoms with Crippen molar-refractivity contribution < 1.29 is 9.59 Å². The van der Waals surface area contributed by atoms with E-state index in [1.807, 2.05) is 66.9 Å². The maximum Gasteiger partial charge on any atom is 0.232 e. The molecule has 0 fully saturated rings. The summed E-state index contributed by atoms with van der Waals surface area (Å²) in [6.07, 6.45) is 1.62. The zero-order valence-electron chi connectivity index (χ0n) is 16.9. The van der Waals surface area contributed by atoms with Crippen molar-refractivity contribution in [2.75, 3.05) is 0 Å². The number of aromatic nitrogens is 4. The third-order valence-corrected chi connectivity index (χ3v) is 6.08. The van der Waals surface area contributed by atoms with Crippen LogP contribution in [0.4, 0.5) is 0 Å². The van der Waals surface area contributed by atoms with Crippen LogP contribution in [0.5, 0.6) is 0 Å². The SMILES string of the molecule is Cc1ccc(-n2cc(C(=O)c3nc4ccccc4n3C)c(C(=O)c3cccs3)n2)cc1. The number of fused-ring (bicyclic) bond motifs is 1. The van der Waals surface area contributed by atoms with E-state index in [0.29, 0.717) is 4.88 Å². The summed E-state index contributed by atoms with van der Waals surface area (Å²) in [5.74, 6) is -0.343. The molecule has 0 atom stereocenters. The molecule has 152 valence electrons. The Morgan fingerprint density at radius 2 is 1.71 bits per heavy atom. The molecular weight excluding hydrogens is 408 g/mol. The molecule has 0 aliphatic rings. The Morgan fingerprint density at radius 3 is 2.42 bits per heavy atom. The minimum Gasteiger partial charge on any atom is -0.324 e. The fourth-order valence-corrected chi connectivity index (χ4v) is 4.20. The second-order valence-corrected chi connectivity index (χ2v) is 8.24. The first-order valence-corrected chi connectivity index (χ1v) is 10.6. The largest absolute Gasteiger partial charge is 0.324 e. The molecular formula is C24H18N4O2S. The summed E-state index contributed by atoms with van der Waals surface area (Å²) in [6.45, 7) is 2.00. The first-order valence-electron chi connectivity index (χ1n) is 9.74. The highest BCUT2D eigenvalue weighted by Gasteiger charge is 2.27. The average Bonchev–Trinajstić information content (AvgIpc) is 3.53. The Bertz CT molecular complexity index is 1430. The van der Waals surface area contributed by atoms with E-state index in [-0.39, 0.29) is 28.6 Å². The molecule has 7 heteroatoms. The molecule has 0 aliphatic carbocycles. The van der Waals surface area contributed by atoms with Crippen molar-refractivity contribution >= 4 is 33.9 Å². The smallest absolute Gasteiger partial charge is 0.232 e. The fourth-order valence-electron chi connectivity index (χ4n) is 3.53. The maximum atomic E-state index is 13.5. The summed E-state index contributed by atoms with van der Waals surface area (Å²) < 4.78 is 3.33. The maximum absolute atomic E-state index is 13.5. The number of thiophene rings is 1. The molecule has 0 saturated carbocycles. The van der Waals surface area contributed by atoms with Crippen LogP contribution in [0.2, 0.25) is 0 Å². The van der Waals surface area contributed by atoms with Gasteiger partial charge in [-0.05, 0) is 42.6 Å². The highest BCUT2D eigenvalue weighted by molar-refractivity contribution is 7.12. The number of benzene rings is 2. The van der Waals surface area contributed by atoms with Crippen LogP contribution in [0, 0.1) is 6.92 Å².